The van der Waals surface area contributed by atoms with Gasteiger partial charge in [0.2, 0.25) is 5.91 Å². The average molecular weight is 364 g/mol. The van der Waals surface area contributed by atoms with Gasteiger partial charge in [0, 0.05) is 19.6 Å². The molecule has 26 heavy (non-hydrogen) atoms. The third-order valence-electron chi connectivity index (χ3n) is 6.00. The Bertz CT molecular complexity index is 630. The van der Waals surface area contributed by atoms with Crippen molar-refractivity contribution in [3.63, 3.8) is 0 Å². The second-order valence-electron chi connectivity index (χ2n) is 8.70. The van der Waals surface area contributed by atoms with Crippen molar-refractivity contribution in [3.05, 3.63) is 11.9 Å². The molecule has 2 fully saturated rings. The van der Waals surface area contributed by atoms with Gasteiger partial charge >= 0.3 is 0 Å². The molecule has 0 spiro atoms. The van der Waals surface area contributed by atoms with Crippen LogP contribution < -0.4 is 0 Å². The number of nitrogens with zero attached hydrogens (tertiary/aromatic N) is 5. The highest BCUT2D eigenvalue weighted by molar-refractivity contribution is 5.82. The number of amides is 1. The fourth-order valence-electron chi connectivity index (χ4n) is 4.24. The van der Waals surface area contributed by atoms with E-state index < -0.39 is 5.60 Å². The molecule has 2 saturated heterocycles. The minimum Gasteiger partial charge on any atom is -0.384 e. The van der Waals surface area contributed by atoms with E-state index in [0.717, 1.165) is 58.4 Å². The van der Waals surface area contributed by atoms with E-state index >= 15 is 0 Å². The second kappa shape index (κ2) is 7.27. The van der Waals surface area contributed by atoms with Crippen molar-refractivity contribution in [2.75, 3.05) is 32.7 Å². The maximum absolute atomic E-state index is 13.1. The van der Waals surface area contributed by atoms with Crippen molar-refractivity contribution in [2.45, 2.75) is 65.0 Å². The number of piperidine rings is 2. The maximum Gasteiger partial charge on any atom is 0.229 e. The highest BCUT2D eigenvalue weighted by atomic mass is 16.3. The van der Waals surface area contributed by atoms with E-state index in [0.29, 0.717) is 11.6 Å². The molecule has 0 bridgehead atoms. The molecule has 1 aromatic heterocycles. The molecule has 1 amide bonds. The summed E-state index contributed by atoms with van der Waals surface area (Å²) in [5, 5.41) is 18.4. The summed E-state index contributed by atoms with van der Waals surface area (Å²) in [6.45, 7) is 12.3. The number of hydrogen-bond donors (Lipinski definition) is 1. The fraction of sp³-hybridized carbons (Fsp3) is 0.842. The van der Waals surface area contributed by atoms with Crippen LogP contribution in [-0.4, -0.2) is 68.5 Å². The number of rotatable bonds is 4. The number of carbonyl (C=O) groups excluding carboxylic acids is 1. The standard InChI is InChI=1S/C19H33N5O2/c1-5-22-10-6-9-19(4,14-22)17(25)23-11-7-15(8-12-23)24-13-16(20-21-24)18(2,3)26/h13,15,26H,5-12,14H2,1-4H3. The van der Waals surface area contributed by atoms with Gasteiger partial charge in [0.1, 0.15) is 11.3 Å². The Labute approximate surface area is 156 Å². The molecular weight excluding hydrogens is 330 g/mol. The monoisotopic (exact) mass is 363 g/mol. The summed E-state index contributed by atoms with van der Waals surface area (Å²) in [4.78, 5) is 17.6. The van der Waals surface area contributed by atoms with Crippen molar-refractivity contribution in [1.82, 2.24) is 24.8 Å². The largest absolute Gasteiger partial charge is 0.384 e. The smallest absolute Gasteiger partial charge is 0.229 e. The van der Waals surface area contributed by atoms with Gasteiger partial charge in [-0.05, 0) is 59.5 Å². The number of aromatic nitrogens is 3. The lowest BCUT2D eigenvalue weighted by molar-refractivity contribution is -0.145. The van der Waals surface area contributed by atoms with E-state index in [9.17, 15) is 9.90 Å². The molecule has 2 aliphatic heterocycles. The predicted octanol–water partition coefficient (Wildman–Crippen LogP) is 1.79. The highest BCUT2D eigenvalue weighted by Crippen LogP contribution is 2.33. The molecule has 7 heteroatoms. The van der Waals surface area contributed by atoms with Crippen LogP contribution >= 0.6 is 0 Å². The van der Waals surface area contributed by atoms with Gasteiger partial charge < -0.3 is 14.9 Å². The van der Waals surface area contributed by atoms with Crippen LogP contribution in [0.25, 0.3) is 0 Å². The zero-order chi connectivity index (χ0) is 18.9. The number of carbonyl (C=O) groups is 1. The number of hydrogen-bond acceptors (Lipinski definition) is 5. The normalized spacial score (nSPS) is 26.3. The van der Waals surface area contributed by atoms with Gasteiger partial charge in [0.05, 0.1) is 17.7 Å². The third kappa shape index (κ3) is 3.93. The lowest BCUT2D eigenvalue weighted by atomic mass is 9.80. The van der Waals surface area contributed by atoms with E-state index in [1.807, 2.05) is 15.8 Å². The zero-order valence-electron chi connectivity index (χ0n) is 16.6. The Hall–Kier alpha value is -1.47. The average Bonchev–Trinajstić information content (AvgIpc) is 3.12. The van der Waals surface area contributed by atoms with Gasteiger partial charge in [-0.15, -0.1) is 5.10 Å². The molecule has 1 N–H and O–H groups in total. The molecule has 0 aliphatic carbocycles. The first-order valence-electron chi connectivity index (χ1n) is 9.89. The maximum atomic E-state index is 13.1. The van der Waals surface area contributed by atoms with Crippen LogP contribution in [0, 0.1) is 5.41 Å². The fourth-order valence-corrected chi connectivity index (χ4v) is 4.24. The summed E-state index contributed by atoms with van der Waals surface area (Å²) >= 11 is 0. The van der Waals surface area contributed by atoms with Gasteiger partial charge in [0.15, 0.2) is 0 Å². The van der Waals surface area contributed by atoms with Crippen molar-refractivity contribution in [3.8, 4) is 0 Å². The van der Waals surface area contributed by atoms with Crippen LogP contribution in [0.15, 0.2) is 6.20 Å². The first-order valence-corrected chi connectivity index (χ1v) is 9.89. The van der Waals surface area contributed by atoms with E-state index in [1.54, 1.807) is 13.8 Å². The molecule has 1 atom stereocenters. The van der Waals surface area contributed by atoms with Crippen LogP contribution in [-0.2, 0) is 10.4 Å². The Balaban J connectivity index is 1.59. The number of aliphatic hydroxyl groups is 1. The molecule has 1 unspecified atom stereocenters. The van der Waals surface area contributed by atoms with Crippen LogP contribution in [0.5, 0.6) is 0 Å². The molecule has 0 saturated carbocycles. The SMILES string of the molecule is CCN1CCCC(C)(C(=O)N2CCC(n3cc(C(C)(C)O)nn3)CC2)C1. The lowest BCUT2D eigenvalue weighted by Gasteiger charge is -2.43. The van der Waals surface area contributed by atoms with Gasteiger partial charge in [0.25, 0.3) is 0 Å². The first kappa shape index (κ1) is 19.3. The van der Waals surface area contributed by atoms with E-state index in [4.69, 9.17) is 0 Å². The van der Waals surface area contributed by atoms with Crippen LogP contribution in [0.2, 0.25) is 0 Å². The van der Waals surface area contributed by atoms with Crippen molar-refractivity contribution >= 4 is 5.91 Å². The summed E-state index contributed by atoms with van der Waals surface area (Å²) in [5.74, 6) is 0.310. The van der Waals surface area contributed by atoms with Gasteiger partial charge in [-0.2, -0.15) is 0 Å². The molecule has 0 aromatic carbocycles. The molecule has 146 valence electrons. The summed E-state index contributed by atoms with van der Waals surface area (Å²) < 4.78 is 1.86. The van der Waals surface area contributed by atoms with E-state index in [-0.39, 0.29) is 11.5 Å². The van der Waals surface area contributed by atoms with Gasteiger partial charge in [-0.25, -0.2) is 4.68 Å². The number of likely N-dealkylation sites (tertiary alicyclic amines) is 2. The molecule has 0 radical (unpaired) electrons. The van der Waals surface area contributed by atoms with Crippen LogP contribution in [0.3, 0.4) is 0 Å². The van der Waals surface area contributed by atoms with Gasteiger partial charge in [-0.1, -0.05) is 12.1 Å². The first-order chi connectivity index (χ1) is 12.2. The minimum absolute atomic E-state index is 0.244. The second-order valence-corrected chi connectivity index (χ2v) is 8.70. The lowest BCUT2D eigenvalue weighted by Crippen LogP contribution is -2.53. The molecule has 3 rings (SSSR count). The van der Waals surface area contributed by atoms with Gasteiger partial charge in [-0.3, -0.25) is 4.79 Å². The van der Waals surface area contributed by atoms with E-state index in [2.05, 4.69) is 29.1 Å². The summed E-state index contributed by atoms with van der Waals surface area (Å²) in [6.07, 6.45) is 5.69. The Morgan fingerprint density at radius 2 is 2.04 bits per heavy atom. The topological polar surface area (TPSA) is 74.5 Å². The van der Waals surface area contributed by atoms with Crippen molar-refractivity contribution in [2.24, 2.45) is 5.41 Å². The molecule has 1 aromatic rings. The third-order valence-corrected chi connectivity index (χ3v) is 6.00. The molecule has 7 nitrogen and oxygen atoms in total. The highest BCUT2D eigenvalue weighted by Gasteiger charge is 2.41. The minimum atomic E-state index is -0.977. The molecular formula is C19H33N5O2. The van der Waals surface area contributed by atoms with E-state index in [1.165, 1.54) is 0 Å². The molecule has 3 heterocycles. The summed E-state index contributed by atoms with van der Waals surface area (Å²) in [5.41, 5.74) is -0.636. The Morgan fingerprint density at radius 3 is 2.62 bits per heavy atom. The predicted molar refractivity (Wildman–Crippen MR) is 99.6 cm³/mol. The summed E-state index contributed by atoms with van der Waals surface area (Å²) in [6, 6.07) is 0.244. The quantitative estimate of drug-likeness (QED) is 0.883. The van der Waals surface area contributed by atoms with Crippen molar-refractivity contribution in [1.29, 1.82) is 0 Å². The van der Waals surface area contributed by atoms with Crippen molar-refractivity contribution < 1.29 is 9.90 Å². The Kier molecular flexibility index (Phi) is 5.40. The van der Waals surface area contributed by atoms with Crippen LogP contribution in [0.1, 0.15) is 65.1 Å². The summed E-state index contributed by atoms with van der Waals surface area (Å²) in [7, 11) is 0. The zero-order valence-corrected chi connectivity index (χ0v) is 16.6. The Morgan fingerprint density at radius 1 is 1.35 bits per heavy atom. The molecule has 2 aliphatic rings. The van der Waals surface area contributed by atoms with Crippen LogP contribution in [0.4, 0.5) is 0 Å².